The molecule has 8 heteroatoms. The van der Waals surface area contributed by atoms with Crippen molar-refractivity contribution in [2.75, 3.05) is 17.7 Å². The first-order chi connectivity index (χ1) is 19.2. The number of aromatic carboxylic acids is 1. The van der Waals surface area contributed by atoms with Crippen LogP contribution in [0, 0.1) is 5.41 Å². The van der Waals surface area contributed by atoms with E-state index in [1.807, 2.05) is 60.7 Å². The molecule has 40 heavy (non-hydrogen) atoms. The van der Waals surface area contributed by atoms with Crippen molar-refractivity contribution in [1.29, 1.82) is 5.41 Å². The topological polar surface area (TPSA) is 140 Å². The van der Waals surface area contributed by atoms with Gasteiger partial charge in [-0.25, -0.2) is 9.59 Å². The second-order valence-corrected chi connectivity index (χ2v) is 10.2. The molecule has 0 fully saturated rings. The lowest BCUT2D eigenvalue weighted by Crippen LogP contribution is -2.35. The number of carboxylic acid groups (broad SMARTS) is 1. The molecule has 1 aliphatic heterocycles. The number of hydrogen-bond acceptors (Lipinski definition) is 4. The number of nitrogen functional groups attached to an aromatic ring is 1. The van der Waals surface area contributed by atoms with Crippen LogP contribution in [0.3, 0.4) is 0 Å². The first-order valence-corrected chi connectivity index (χ1v) is 13.0. The minimum atomic E-state index is -1.08. The number of amidine groups is 1. The maximum Gasteiger partial charge on any atom is 0.336 e. The number of nitrogens with two attached hydrogens (primary N) is 1. The van der Waals surface area contributed by atoms with Gasteiger partial charge in [0.15, 0.2) is 0 Å². The summed E-state index contributed by atoms with van der Waals surface area (Å²) in [5, 5.41) is 26.7. The number of fused-ring (bicyclic) bond motifs is 1. The largest absolute Gasteiger partial charge is 0.478 e. The van der Waals surface area contributed by atoms with Crippen molar-refractivity contribution in [1.82, 2.24) is 5.32 Å². The van der Waals surface area contributed by atoms with Gasteiger partial charge in [-0.05, 0) is 70.6 Å². The van der Waals surface area contributed by atoms with Crippen LogP contribution in [0.15, 0.2) is 91.0 Å². The smallest absolute Gasteiger partial charge is 0.336 e. The van der Waals surface area contributed by atoms with E-state index in [-0.39, 0.29) is 22.9 Å². The lowest BCUT2D eigenvalue weighted by molar-refractivity contribution is 0.0697. The second kappa shape index (κ2) is 10.6. The van der Waals surface area contributed by atoms with E-state index in [0.29, 0.717) is 16.8 Å². The Balaban J connectivity index is 1.56. The van der Waals surface area contributed by atoms with Gasteiger partial charge in [-0.15, -0.1) is 0 Å². The summed E-state index contributed by atoms with van der Waals surface area (Å²) in [4.78, 5) is 23.9. The number of hydrogen-bond donors (Lipinski definition) is 6. The molecule has 7 N–H and O–H groups in total. The van der Waals surface area contributed by atoms with Gasteiger partial charge in [0.2, 0.25) is 0 Å². The summed E-state index contributed by atoms with van der Waals surface area (Å²) in [5.41, 5.74) is 12.2. The van der Waals surface area contributed by atoms with Crippen LogP contribution in [-0.2, 0) is 5.41 Å². The number of urea groups is 1. The van der Waals surface area contributed by atoms with Crippen molar-refractivity contribution in [2.24, 2.45) is 5.73 Å². The molecule has 0 bridgehead atoms. The molecular weight excluding hydrogens is 502 g/mol. The van der Waals surface area contributed by atoms with Crippen LogP contribution in [0.1, 0.15) is 52.0 Å². The van der Waals surface area contributed by atoms with Gasteiger partial charge in [-0.2, -0.15) is 0 Å². The Morgan fingerprint density at radius 1 is 1.00 bits per heavy atom. The molecule has 0 saturated carbocycles. The molecule has 0 radical (unpaired) electrons. The van der Waals surface area contributed by atoms with Crippen molar-refractivity contribution in [2.45, 2.75) is 24.8 Å². The first kappa shape index (κ1) is 26.5. The fraction of sp³-hybridized carbons (Fsp3) is 0.156. The standard InChI is InChI=1S/C32H31N5O3/c1-32(22-9-4-3-5-10-22)18-28(37-27-14-11-21(29(33)34)16-26(27)32)20-8-6-7-19(15-20)24-13-12-23(36-31(40)35-2)17-25(24)30(38)39/h3-17,28,37H,18H2,1-2H3,(H3,33,34)(H,38,39)(H2,35,36,40)/t28-,32+/m0/s1. The number of nitrogens with one attached hydrogen (secondary N) is 4. The third kappa shape index (κ3) is 4.99. The normalized spacial score (nSPS) is 17.7. The number of amides is 2. The molecular formula is C32H31N5O3. The number of carbonyl (C=O) groups is 2. The average Bonchev–Trinajstić information content (AvgIpc) is 2.97. The molecule has 202 valence electrons. The highest BCUT2D eigenvalue weighted by atomic mass is 16.4. The molecule has 4 aromatic carbocycles. The zero-order valence-corrected chi connectivity index (χ0v) is 22.3. The molecule has 0 aromatic heterocycles. The molecule has 0 unspecified atom stereocenters. The predicted molar refractivity (Wildman–Crippen MR) is 158 cm³/mol. The van der Waals surface area contributed by atoms with Crippen LogP contribution < -0.4 is 21.7 Å². The van der Waals surface area contributed by atoms with Gasteiger partial charge in [0.1, 0.15) is 5.84 Å². The molecule has 0 aliphatic carbocycles. The highest BCUT2D eigenvalue weighted by Gasteiger charge is 2.39. The minimum Gasteiger partial charge on any atom is -0.478 e. The maximum atomic E-state index is 12.2. The molecule has 1 heterocycles. The van der Waals surface area contributed by atoms with Crippen LogP contribution in [0.25, 0.3) is 11.1 Å². The summed E-state index contributed by atoms with van der Waals surface area (Å²) in [6.45, 7) is 2.21. The third-order valence-corrected chi connectivity index (χ3v) is 7.61. The van der Waals surface area contributed by atoms with E-state index >= 15 is 0 Å². The van der Waals surface area contributed by atoms with Gasteiger partial charge < -0.3 is 26.8 Å². The van der Waals surface area contributed by atoms with E-state index in [4.69, 9.17) is 11.1 Å². The lowest BCUT2D eigenvalue weighted by atomic mass is 9.68. The number of carboxylic acids is 1. The Bertz CT molecular complexity index is 1620. The lowest BCUT2D eigenvalue weighted by Gasteiger charge is -2.42. The monoisotopic (exact) mass is 533 g/mol. The molecule has 0 spiro atoms. The summed E-state index contributed by atoms with van der Waals surface area (Å²) >= 11 is 0. The third-order valence-electron chi connectivity index (χ3n) is 7.61. The van der Waals surface area contributed by atoms with E-state index in [9.17, 15) is 14.7 Å². The summed E-state index contributed by atoms with van der Waals surface area (Å²) in [5.74, 6) is -1.05. The van der Waals surface area contributed by atoms with Crippen LogP contribution in [0.5, 0.6) is 0 Å². The molecule has 2 atom stereocenters. The van der Waals surface area contributed by atoms with Crippen LogP contribution >= 0.6 is 0 Å². The number of benzene rings is 4. The molecule has 1 aliphatic rings. The maximum absolute atomic E-state index is 12.2. The van der Waals surface area contributed by atoms with E-state index in [0.717, 1.165) is 34.4 Å². The van der Waals surface area contributed by atoms with Crippen molar-refractivity contribution in [3.8, 4) is 11.1 Å². The first-order valence-electron chi connectivity index (χ1n) is 13.0. The van der Waals surface area contributed by atoms with Gasteiger partial charge >= 0.3 is 12.0 Å². The SMILES string of the molecule is CNC(=O)Nc1ccc(-c2cccc([C@@H]3C[C@](C)(c4ccccc4)c4cc(C(=N)N)ccc4N3)c2)c(C(=O)O)c1. The number of rotatable bonds is 6. The quantitative estimate of drug-likeness (QED) is 0.134. The molecule has 8 nitrogen and oxygen atoms in total. The molecule has 5 rings (SSSR count). The Morgan fingerprint density at radius 3 is 2.48 bits per heavy atom. The Labute approximate surface area is 232 Å². The Morgan fingerprint density at radius 2 is 1.77 bits per heavy atom. The zero-order valence-electron chi connectivity index (χ0n) is 22.3. The van der Waals surface area contributed by atoms with Gasteiger partial charge in [0.05, 0.1) is 11.6 Å². The molecule has 4 aromatic rings. The van der Waals surface area contributed by atoms with E-state index in [1.54, 1.807) is 12.1 Å². The zero-order chi connectivity index (χ0) is 28.4. The Kier molecular flexibility index (Phi) is 7.00. The van der Waals surface area contributed by atoms with Gasteiger partial charge in [0, 0.05) is 29.4 Å². The summed E-state index contributed by atoms with van der Waals surface area (Å²) < 4.78 is 0. The van der Waals surface area contributed by atoms with Crippen LogP contribution in [0.2, 0.25) is 0 Å². The van der Waals surface area contributed by atoms with Crippen molar-refractivity contribution < 1.29 is 14.7 Å². The van der Waals surface area contributed by atoms with Gasteiger partial charge in [-0.1, -0.05) is 61.5 Å². The fourth-order valence-corrected chi connectivity index (χ4v) is 5.50. The van der Waals surface area contributed by atoms with Gasteiger partial charge in [0.25, 0.3) is 0 Å². The number of anilines is 2. The van der Waals surface area contributed by atoms with Gasteiger partial charge in [-0.3, -0.25) is 5.41 Å². The number of carbonyl (C=O) groups excluding carboxylic acids is 1. The highest BCUT2D eigenvalue weighted by molar-refractivity contribution is 5.99. The van der Waals surface area contributed by atoms with Crippen molar-refractivity contribution in [3.05, 3.63) is 119 Å². The van der Waals surface area contributed by atoms with Crippen molar-refractivity contribution in [3.63, 3.8) is 0 Å². The predicted octanol–water partition coefficient (Wildman–Crippen LogP) is 5.95. The Hall–Kier alpha value is -5.11. The summed E-state index contributed by atoms with van der Waals surface area (Å²) in [6, 6.07) is 28.4. The fourth-order valence-electron chi connectivity index (χ4n) is 5.50. The average molecular weight is 534 g/mol. The highest BCUT2D eigenvalue weighted by Crippen LogP contribution is 2.48. The minimum absolute atomic E-state index is 0.0267. The summed E-state index contributed by atoms with van der Waals surface area (Å²) in [6.07, 6.45) is 0.732. The van der Waals surface area contributed by atoms with Crippen LogP contribution in [-0.4, -0.2) is 30.0 Å². The second-order valence-electron chi connectivity index (χ2n) is 10.2. The van der Waals surface area contributed by atoms with E-state index < -0.39 is 12.0 Å². The van der Waals surface area contributed by atoms with E-state index in [1.165, 1.54) is 13.1 Å². The molecule has 0 saturated heterocycles. The summed E-state index contributed by atoms with van der Waals surface area (Å²) in [7, 11) is 1.50. The molecule has 2 amide bonds. The van der Waals surface area contributed by atoms with Crippen LogP contribution in [0.4, 0.5) is 16.2 Å². The van der Waals surface area contributed by atoms with E-state index in [2.05, 4.69) is 35.0 Å². The van der Waals surface area contributed by atoms with Crippen molar-refractivity contribution >= 4 is 29.2 Å².